The van der Waals surface area contributed by atoms with E-state index in [4.69, 9.17) is 4.74 Å². The second kappa shape index (κ2) is 4.16. The number of nitrogens with one attached hydrogen (secondary N) is 1. The van der Waals surface area contributed by atoms with Gasteiger partial charge in [0.2, 0.25) is 0 Å². The molecule has 3 nitrogen and oxygen atoms in total. The van der Waals surface area contributed by atoms with Crippen molar-refractivity contribution >= 4 is 0 Å². The number of ether oxygens (including phenoxy) is 1. The minimum absolute atomic E-state index is 0.117. The molecule has 1 atom stereocenters. The highest BCUT2D eigenvalue weighted by molar-refractivity contribution is 5.37. The molecular weight excluding hydrogens is 197 g/mol. The topological polar surface area (TPSA) is 41.5 Å². The molecule has 0 aromatic heterocycles. The number of aryl methyl sites for hydroxylation is 1. The van der Waals surface area contributed by atoms with Crippen molar-refractivity contribution in [1.82, 2.24) is 5.32 Å². The smallest absolute Gasteiger partial charge is 0.165 e. The largest absolute Gasteiger partial charge is 0.505 e. The fourth-order valence-electron chi connectivity index (χ4n) is 1.79. The van der Waals surface area contributed by atoms with Crippen molar-refractivity contribution in [2.45, 2.75) is 13.0 Å². The van der Waals surface area contributed by atoms with Gasteiger partial charge in [-0.3, -0.25) is 0 Å². The SMILES string of the molecule is Cc1cc(O)c(F)cc1C1CNCCO1. The average molecular weight is 211 g/mol. The van der Waals surface area contributed by atoms with Crippen LogP contribution < -0.4 is 5.32 Å². The quantitative estimate of drug-likeness (QED) is 0.739. The fraction of sp³-hybridized carbons (Fsp3) is 0.455. The Morgan fingerprint density at radius 1 is 1.53 bits per heavy atom. The monoisotopic (exact) mass is 211 g/mol. The fourth-order valence-corrected chi connectivity index (χ4v) is 1.79. The summed E-state index contributed by atoms with van der Waals surface area (Å²) in [6, 6.07) is 2.78. The Morgan fingerprint density at radius 2 is 2.33 bits per heavy atom. The summed E-state index contributed by atoms with van der Waals surface area (Å²) in [7, 11) is 0. The number of rotatable bonds is 1. The lowest BCUT2D eigenvalue weighted by molar-refractivity contribution is 0.0271. The molecule has 1 aliphatic rings. The van der Waals surface area contributed by atoms with Crippen molar-refractivity contribution < 1.29 is 14.2 Å². The lowest BCUT2D eigenvalue weighted by Crippen LogP contribution is -2.33. The Hall–Kier alpha value is -1.13. The van der Waals surface area contributed by atoms with Crippen molar-refractivity contribution in [3.8, 4) is 5.75 Å². The minimum Gasteiger partial charge on any atom is -0.505 e. The molecule has 1 saturated heterocycles. The van der Waals surface area contributed by atoms with Gasteiger partial charge in [-0.15, -0.1) is 0 Å². The third-order valence-electron chi connectivity index (χ3n) is 2.61. The molecule has 1 aromatic rings. The zero-order valence-electron chi connectivity index (χ0n) is 8.59. The molecule has 1 aromatic carbocycles. The normalized spacial score (nSPS) is 21.6. The van der Waals surface area contributed by atoms with Crippen molar-refractivity contribution in [3.63, 3.8) is 0 Å². The number of aromatic hydroxyl groups is 1. The van der Waals surface area contributed by atoms with Gasteiger partial charge in [-0.2, -0.15) is 0 Å². The predicted molar refractivity (Wildman–Crippen MR) is 54.4 cm³/mol. The first kappa shape index (κ1) is 10.4. The van der Waals surface area contributed by atoms with Crippen molar-refractivity contribution in [2.24, 2.45) is 0 Å². The molecule has 1 heterocycles. The molecule has 0 spiro atoms. The van der Waals surface area contributed by atoms with Gasteiger partial charge in [0.15, 0.2) is 11.6 Å². The molecule has 1 aliphatic heterocycles. The van der Waals surface area contributed by atoms with Gasteiger partial charge < -0.3 is 15.2 Å². The number of morpholine rings is 1. The van der Waals surface area contributed by atoms with Crippen LogP contribution in [0.2, 0.25) is 0 Å². The maximum absolute atomic E-state index is 13.2. The van der Waals surface area contributed by atoms with Crippen LogP contribution >= 0.6 is 0 Å². The Labute approximate surface area is 87.9 Å². The van der Waals surface area contributed by atoms with Crippen LogP contribution in [0.5, 0.6) is 5.75 Å². The first-order chi connectivity index (χ1) is 7.18. The summed E-state index contributed by atoms with van der Waals surface area (Å²) in [6.45, 7) is 3.99. The van der Waals surface area contributed by atoms with Crippen LogP contribution in [0.1, 0.15) is 17.2 Å². The summed E-state index contributed by atoms with van der Waals surface area (Å²) >= 11 is 0. The van der Waals surface area contributed by atoms with E-state index < -0.39 is 5.82 Å². The highest BCUT2D eigenvalue weighted by Crippen LogP contribution is 2.27. The second-order valence-electron chi connectivity index (χ2n) is 3.72. The molecule has 2 rings (SSSR count). The van der Waals surface area contributed by atoms with E-state index in [1.165, 1.54) is 12.1 Å². The summed E-state index contributed by atoms with van der Waals surface area (Å²) in [6.07, 6.45) is -0.117. The predicted octanol–water partition coefficient (Wildman–Crippen LogP) is 1.50. The van der Waals surface area contributed by atoms with E-state index in [0.717, 1.165) is 17.7 Å². The highest BCUT2D eigenvalue weighted by Gasteiger charge is 2.19. The van der Waals surface area contributed by atoms with Crippen LogP contribution in [0.3, 0.4) is 0 Å². The molecular formula is C11H14FNO2. The molecule has 0 aliphatic carbocycles. The van der Waals surface area contributed by atoms with Crippen LogP contribution in [-0.4, -0.2) is 24.8 Å². The maximum atomic E-state index is 13.2. The van der Waals surface area contributed by atoms with Crippen LogP contribution in [0.15, 0.2) is 12.1 Å². The van der Waals surface area contributed by atoms with Crippen LogP contribution in [0.25, 0.3) is 0 Å². The third-order valence-corrected chi connectivity index (χ3v) is 2.61. The first-order valence-electron chi connectivity index (χ1n) is 5.00. The Morgan fingerprint density at radius 3 is 3.00 bits per heavy atom. The van der Waals surface area contributed by atoms with Gasteiger partial charge in [0, 0.05) is 13.1 Å². The number of hydrogen-bond acceptors (Lipinski definition) is 3. The Balaban J connectivity index is 2.30. The van der Waals surface area contributed by atoms with E-state index in [1.54, 1.807) is 0 Å². The number of benzene rings is 1. The summed E-state index contributed by atoms with van der Waals surface area (Å²) < 4.78 is 18.7. The van der Waals surface area contributed by atoms with Gasteiger partial charge >= 0.3 is 0 Å². The van der Waals surface area contributed by atoms with Crippen LogP contribution in [0, 0.1) is 12.7 Å². The zero-order valence-corrected chi connectivity index (χ0v) is 8.59. The Kier molecular flexibility index (Phi) is 2.88. The van der Waals surface area contributed by atoms with E-state index >= 15 is 0 Å². The minimum atomic E-state index is -0.593. The van der Waals surface area contributed by atoms with Gasteiger partial charge in [0.05, 0.1) is 12.7 Å². The molecule has 2 N–H and O–H groups in total. The summed E-state index contributed by atoms with van der Waals surface area (Å²) in [4.78, 5) is 0. The van der Waals surface area contributed by atoms with Crippen molar-refractivity contribution in [1.29, 1.82) is 0 Å². The number of halogens is 1. The standard InChI is InChI=1S/C11H14FNO2/c1-7-4-10(14)9(12)5-8(7)11-6-13-2-3-15-11/h4-5,11,13-14H,2-3,6H2,1H3. The lowest BCUT2D eigenvalue weighted by atomic mass is 10.0. The van der Waals surface area contributed by atoms with Crippen molar-refractivity contribution in [2.75, 3.05) is 19.7 Å². The highest BCUT2D eigenvalue weighted by atomic mass is 19.1. The molecule has 0 bridgehead atoms. The van der Waals surface area contributed by atoms with E-state index in [1.807, 2.05) is 6.92 Å². The van der Waals surface area contributed by atoms with Crippen LogP contribution in [0.4, 0.5) is 4.39 Å². The lowest BCUT2D eigenvalue weighted by Gasteiger charge is -2.25. The zero-order chi connectivity index (χ0) is 10.8. The van der Waals surface area contributed by atoms with E-state index in [9.17, 15) is 9.50 Å². The second-order valence-corrected chi connectivity index (χ2v) is 3.72. The van der Waals surface area contributed by atoms with Gasteiger partial charge in [-0.05, 0) is 30.2 Å². The molecule has 82 valence electrons. The Bertz CT molecular complexity index is 362. The number of hydrogen-bond donors (Lipinski definition) is 2. The van der Waals surface area contributed by atoms with Crippen LogP contribution in [-0.2, 0) is 4.74 Å². The van der Waals surface area contributed by atoms with Gasteiger partial charge in [-0.1, -0.05) is 0 Å². The molecule has 15 heavy (non-hydrogen) atoms. The van der Waals surface area contributed by atoms with E-state index in [2.05, 4.69) is 5.32 Å². The van der Waals surface area contributed by atoms with Gasteiger partial charge in [0.1, 0.15) is 0 Å². The summed E-state index contributed by atoms with van der Waals surface area (Å²) in [5.41, 5.74) is 1.65. The molecule has 1 fully saturated rings. The molecule has 1 unspecified atom stereocenters. The molecule has 0 radical (unpaired) electrons. The first-order valence-corrected chi connectivity index (χ1v) is 5.00. The van der Waals surface area contributed by atoms with Gasteiger partial charge in [0.25, 0.3) is 0 Å². The average Bonchev–Trinajstić information content (AvgIpc) is 2.25. The molecule has 4 heteroatoms. The molecule has 0 saturated carbocycles. The van der Waals surface area contributed by atoms with E-state index in [-0.39, 0.29) is 11.9 Å². The molecule has 0 amide bonds. The van der Waals surface area contributed by atoms with Crippen molar-refractivity contribution in [3.05, 3.63) is 29.1 Å². The summed E-state index contributed by atoms with van der Waals surface area (Å²) in [5, 5.41) is 12.4. The number of phenols is 1. The van der Waals surface area contributed by atoms with E-state index in [0.29, 0.717) is 13.2 Å². The third kappa shape index (κ3) is 2.11. The maximum Gasteiger partial charge on any atom is 0.165 e. The van der Waals surface area contributed by atoms with Gasteiger partial charge in [-0.25, -0.2) is 4.39 Å². The number of phenolic OH excluding ortho intramolecular Hbond substituents is 1. The summed E-state index contributed by atoms with van der Waals surface area (Å²) in [5.74, 6) is -0.898.